The molecule has 0 unspecified atom stereocenters. The van der Waals surface area contributed by atoms with Gasteiger partial charge in [0.1, 0.15) is 11.6 Å². The molecule has 162 valence electrons. The molecule has 1 heterocycles. The average molecular weight is 400 g/mol. The summed E-state index contributed by atoms with van der Waals surface area (Å²) in [6.07, 6.45) is 3.23. The lowest BCUT2D eigenvalue weighted by molar-refractivity contribution is -0.135. The lowest BCUT2D eigenvalue weighted by atomic mass is 10.1. The highest BCUT2D eigenvalue weighted by Gasteiger charge is 2.31. The molecule has 0 saturated carbocycles. The first-order chi connectivity index (χ1) is 13.2. The van der Waals surface area contributed by atoms with Crippen molar-refractivity contribution < 1.29 is 23.9 Å². The fourth-order valence-corrected chi connectivity index (χ4v) is 2.84. The molecule has 0 spiro atoms. The summed E-state index contributed by atoms with van der Waals surface area (Å²) < 4.78 is 10.5. The molecule has 1 atom stereocenters. The van der Waals surface area contributed by atoms with Crippen LogP contribution in [-0.4, -0.2) is 72.3 Å². The zero-order valence-corrected chi connectivity index (χ0v) is 18.1. The molecule has 1 aliphatic heterocycles. The number of alkyl carbamates (subject to hydrolysis) is 1. The molecule has 0 bridgehead atoms. The fraction of sp³-hybridized carbons (Fsp3) is 0.850. The largest absolute Gasteiger partial charge is 0.449 e. The number of piperazine rings is 1. The van der Waals surface area contributed by atoms with Crippen LogP contribution in [0.4, 0.5) is 9.59 Å². The first kappa shape index (κ1) is 24.0. The maximum atomic E-state index is 12.9. The fourth-order valence-electron chi connectivity index (χ4n) is 2.84. The van der Waals surface area contributed by atoms with E-state index in [0.29, 0.717) is 39.2 Å². The van der Waals surface area contributed by atoms with E-state index in [4.69, 9.17) is 9.47 Å². The minimum atomic E-state index is -0.619. The van der Waals surface area contributed by atoms with E-state index in [1.54, 1.807) is 30.6 Å². The second-order valence-electron chi connectivity index (χ2n) is 8.12. The van der Waals surface area contributed by atoms with E-state index in [9.17, 15) is 14.4 Å². The Hall–Kier alpha value is -1.99. The smallest absolute Gasteiger partial charge is 0.409 e. The van der Waals surface area contributed by atoms with Crippen LogP contribution in [0.1, 0.15) is 66.7 Å². The van der Waals surface area contributed by atoms with Crippen LogP contribution in [0.25, 0.3) is 0 Å². The van der Waals surface area contributed by atoms with Crippen LogP contribution < -0.4 is 5.32 Å². The van der Waals surface area contributed by atoms with Gasteiger partial charge in [-0.25, -0.2) is 9.59 Å². The number of hydrogen-bond donors (Lipinski definition) is 1. The van der Waals surface area contributed by atoms with Crippen LogP contribution in [0.15, 0.2) is 0 Å². The molecule has 0 aromatic heterocycles. The van der Waals surface area contributed by atoms with E-state index in [1.165, 1.54) is 0 Å². The van der Waals surface area contributed by atoms with Gasteiger partial charge in [-0.1, -0.05) is 33.1 Å². The summed E-state index contributed by atoms with van der Waals surface area (Å²) in [5.41, 5.74) is -0.619. The van der Waals surface area contributed by atoms with Gasteiger partial charge >= 0.3 is 12.2 Å². The molecule has 0 aliphatic carbocycles. The summed E-state index contributed by atoms with van der Waals surface area (Å²) in [6.45, 7) is 11.6. The van der Waals surface area contributed by atoms with Gasteiger partial charge in [0, 0.05) is 26.2 Å². The molecular weight excluding hydrogens is 362 g/mol. The van der Waals surface area contributed by atoms with E-state index < -0.39 is 17.7 Å². The van der Waals surface area contributed by atoms with E-state index in [1.807, 2.05) is 13.8 Å². The number of hydrogen-bond acceptors (Lipinski definition) is 5. The van der Waals surface area contributed by atoms with Crippen molar-refractivity contribution in [3.8, 4) is 0 Å². The van der Waals surface area contributed by atoms with Gasteiger partial charge in [0.2, 0.25) is 5.91 Å². The highest BCUT2D eigenvalue weighted by molar-refractivity contribution is 5.86. The summed E-state index contributed by atoms with van der Waals surface area (Å²) in [5, 5.41) is 2.72. The van der Waals surface area contributed by atoms with Crippen molar-refractivity contribution >= 4 is 18.1 Å². The first-order valence-electron chi connectivity index (χ1n) is 10.4. The number of nitrogens with one attached hydrogen (secondary N) is 1. The summed E-state index contributed by atoms with van der Waals surface area (Å²) in [5.74, 6) is -0.127. The van der Waals surface area contributed by atoms with Gasteiger partial charge in [-0.15, -0.1) is 0 Å². The van der Waals surface area contributed by atoms with Gasteiger partial charge in [-0.3, -0.25) is 4.79 Å². The SMILES string of the molecule is CCCCOC(=O)N1CCN(C(=O)[C@H](CCCC)NC(=O)OC(C)(C)C)CC1. The monoisotopic (exact) mass is 399 g/mol. The minimum absolute atomic E-state index is 0.127. The van der Waals surface area contributed by atoms with Crippen molar-refractivity contribution in [2.45, 2.75) is 78.4 Å². The zero-order valence-electron chi connectivity index (χ0n) is 18.1. The normalized spacial score (nSPS) is 15.8. The van der Waals surface area contributed by atoms with Gasteiger partial charge in [-0.05, 0) is 33.6 Å². The van der Waals surface area contributed by atoms with Gasteiger partial charge < -0.3 is 24.6 Å². The Morgan fingerprint density at radius 3 is 2.07 bits per heavy atom. The Kier molecular flexibility index (Phi) is 10.1. The molecule has 28 heavy (non-hydrogen) atoms. The number of rotatable bonds is 8. The van der Waals surface area contributed by atoms with Crippen LogP contribution in [0.5, 0.6) is 0 Å². The van der Waals surface area contributed by atoms with Crippen molar-refractivity contribution in [1.82, 2.24) is 15.1 Å². The minimum Gasteiger partial charge on any atom is -0.449 e. The van der Waals surface area contributed by atoms with E-state index in [0.717, 1.165) is 25.7 Å². The van der Waals surface area contributed by atoms with Crippen molar-refractivity contribution in [3.63, 3.8) is 0 Å². The van der Waals surface area contributed by atoms with Crippen molar-refractivity contribution in [3.05, 3.63) is 0 Å². The molecule has 0 aromatic rings. The number of nitrogens with zero attached hydrogens (tertiary/aromatic N) is 2. The van der Waals surface area contributed by atoms with Crippen LogP contribution in [0, 0.1) is 0 Å². The average Bonchev–Trinajstić information content (AvgIpc) is 2.63. The molecule has 8 heteroatoms. The van der Waals surface area contributed by atoms with Gasteiger partial charge in [-0.2, -0.15) is 0 Å². The highest BCUT2D eigenvalue weighted by atomic mass is 16.6. The second-order valence-corrected chi connectivity index (χ2v) is 8.12. The molecule has 1 aliphatic rings. The molecule has 0 aromatic carbocycles. The lowest BCUT2D eigenvalue weighted by Crippen LogP contribution is -2.56. The molecule has 1 N–H and O–H groups in total. The number of carbonyl (C=O) groups excluding carboxylic acids is 3. The van der Waals surface area contributed by atoms with Crippen molar-refractivity contribution in [1.29, 1.82) is 0 Å². The lowest BCUT2D eigenvalue weighted by Gasteiger charge is -2.36. The maximum Gasteiger partial charge on any atom is 0.409 e. The standard InChI is InChI=1S/C20H37N3O5/c1-6-8-10-16(21-18(25)28-20(3,4)5)17(24)22-11-13-23(14-12-22)19(26)27-15-9-7-2/h16H,6-15H2,1-5H3,(H,21,25)/t16-/m0/s1. The molecule has 1 saturated heterocycles. The van der Waals surface area contributed by atoms with Crippen LogP contribution >= 0.6 is 0 Å². The number of carbonyl (C=O) groups is 3. The second kappa shape index (κ2) is 11.8. The molecular formula is C20H37N3O5. The third-order valence-electron chi connectivity index (χ3n) is 4.41. The number of amides is 3. The number of unbranched alkanes of at least 4 members (excludes halogenated alkanes) is 2. The van der Waals surface area contributed by atoms with Gasteiger partial charge in [0.15, 0.2) is 0 Å². The molecule has 3 amide bonds. The molecule has 1 rings (SSSR count). The predicted octanol–water partition coefficient (Wildman–Crippen LogP) is 3.15. The Morgan fingerprint density at radius 1 is 0.964 bits per heavy atom. The van der Waals surface area contributed by atoms with E-state index in [2.05, 4.69) is 5.32 Å². The molecule has 8 nitrogen and oxygen atoms in total. The zero-order chi connectivity index (χ0) is 21.2. The van der Waals surface area contributed by atoms with Crippen molar-refractivity contribution in [2.75, 3.05) is 32.8 Å². The number of ether oxygens (including phenoxy) is 2. The summed E-state index contributed by atoms with van der Waals surface area (Å²) in [6, 6.07) is -0.613. The van der Waals surface area contributed by atoms with E-state index in [-0.39, 0.29) is 12.0 Å². The van der Waals surface area contributed by atoms with E-state index >= 15 is 0 Å². The third-order valence-corrected chi connectivity index (χ3v) is 4.41. The Morgan fingerprint density at radius 2 is 1.54 bits per heavy atom. The van der Waals surface area contributed by atoms with Gasteiger partial charge in [0.05, 0.1) is 6.61 Å². The molecule has 1 fully saturated rings. The summed E-state index contributed by atoms with van der Waals surface area (Å²) in [4.78, 5) is 40.4. The first-order valence-corrected chi connectivity index (χ1v) is 10.4. The van der Waals surface area contributed by atoms with Crippen LogP contribution in [-0.2, 0) is 14.3 Å². The van der Waals surface area contributed by atoms with Crippen LogP contribution in [0.3, 0.4) is 0 Å². The van der Waals surface area contributed by atoms with Crippen LogP contribution in [0.2, 0.25) is 0 Å². The topological polar surface area (TPSA) is 88.2 Å². The highest BCUT2D eigenvalue weighted by Crippen LogP contribution is 2.12. The maximum absolute atomic E-state index is 12.9. The summed E-state index contributed by atoms with van der Waals surface area (Å²) >= 11 is 0. The summed E-state index contributed by atoms with van der Waals surface area (Å²) in [7, 11) is 0. The Balaban J connectivity index is 2.57. The third kappa shape index (κ3) is 8.80. The van der Waals surface area contributed by atoms with Crippen molar-refractivity contribution in [2.24, 2.45) is 0 Å². The molecule has 0 radical (unpaired) electrons. The Labute approximate surface area is 168 Å². The predicted molar refractivity (Wildman–Crippen MR) is 107 cm³/mol. The Bertz CT molecular complexity index is 510. The quantitative estimate of drug-likeness (QED) is 0.634. The van der Waals surface area contributed by atoms with Gasteiger partial charge in [0.25, 0.3) is 0 Å².